The Bertz CT molecular complexity index is 462. The molecule has 0 saturated carbocycles. The highest BCUT2D eigenvalue weighted by atomic mass is 16.1. The second kappa shape index (κ2) is 9.50. The lowest BCUT2D eigenvalue weighted by Gasteiger charge is -2.21. The van der Waals surface area contributed by atoms with Crippen LogP contribution in [0.2, 0.25) is 0 Å². The molecule has 5 heteroatoms. The van der Waals surface area contributed by atoms with Crippen molar-refractivity contribution in [1.82, 2.24) is 15.2 Å². The Labute approximate surface area is 140 Å². The topological polar surface area (TPSA) is 48.5 Å². The van der Waals surface area contributed by atoms with E-state index in [1.54, 1.807) is 6.20 Å². The number of carbonyl (C=O) groups excluding carboxylic acids is 1. The number of hydrogen-bond acceptors (Lipinski definition) is 4. The standard InChI is InChI=1S/C18H30N4O/c1-3-21(4-2)14-11-19-18(23)16-9-10-17(20-15-16)22-12-7-5-6-8-13-22/h9-10,15H,3-8,11-14H2,1-2H3,(H,19,23). The molecule has 128 valence electrons. The minimum absolute atomic E-state index is 0.0351. The highest BCUT2D eigenvalue weighted by molar-refractivity contribution is 5.94. The molecule has 1 amide bonds. The monoisotopic (exact) mass is 318 g/mol. The van der Waals surface area contributed by atoms with Gasteiger partial charge in [0.25, 0.3) is 5.91 Å². The van der Waals surface area contributed by atoms with E-state index < -0.39 is 0 Å². The van der Waals surface area contributed by atoms with Gasteiger partial charge in [-0.25, -0.2) is 4.98 Å². The minimum Gasteiger partial charge on any atom is -0.357 e. The largest absolute Gasteiger partial charge is 0.357 e. The fourth-order valence-electron chi connectivity index (χ4n) is 2.98. The fraction of sp³-hybridized carbons (Fsp3) is 0.667. The van der Waals surface area contributed by atoms with Crippen molar-refractivity contribution >= 4 is 11.7 Å². The van der Waals surface area contributed by atoms with Crippen LogP contribution in [-0.2, 0) is 0 Å². The number of anilines is 1. The van der Waals surface area contributed by atoms with Crippen LogP contribution in [0, 0.1) is 0 Å². The number of likely N-dealkylation sites (N-methyl/N-ethyl adjacent to an activating group) is 1. The number of amides is 1. The number of aromatic nitrogens is 1. The summed E-state index contributed by atoms with van der Waals surface area (Å²) in [4.78, 5) is 21.3. The van der Waals surface area contributed by atoms with Crippen LogP contribution in [0.5, 0.6) is 0 Å². The van der Waals surface area contributed by atoms with Gasteiger partial charge >= 0.3 is 0 Å². The molecule has 0 bridgehead atoms. The lowest BCUT2D eigenvalue weighted by Crippen LogP contribution is -2.34. The van der Waals surface area contributed by atoms with Crippen LogP contribution < -0.4 is 10.2 Å². The third-order valence-corrected chi connectivity index (χ3v) is 4.55. The summed E-state index contributed by atoms with van der Waals surface area (Å²) < 4.78 is 0. The number of rotatable bonds is 7. The molecule has 0 atom stereocenters. The Morgan fingerprint density at radius 1 is 1.17 bits per heavy atom. The van der Waals surface area contributed by atoms with Crippen LogP contribution in [0.15, 0.2) is 18.3 Å². The van der Waals surface area contributed by atoms with Crippen molar-refractivity contribution in [3.05, 3.63) is 23.9 Å². The van der Waals surface area contributed by atoms with Crippen molar-refractivity contribution in [3.63, 3.8) is 0 Å². The van der Waals surface area contributed by atoms with Gasteiger partial charge in [-0.1, -0.05) is 26.7 Å². The summed E-state index contributed by atoms with van der Waals surface area (Å²) in [5, 5.41) is 2.97. The number of nitrogens with one attached hydrogen (secondary N) is 1. The first kappa shape index (κ1) is 17.7. The van der Waals surface area contributed by atoms with Crippen LogP contribution >= 0.6 is 0 Å². The third-order valence-electron chi connectivity index (χ3n) is 4.55. The molecule has 1 N–H and O–H groups in total. The van der Waals surface area contributed by atoms with E-state index in [1.807, 2.05) is 12.1 Å². The summed E-state index contributed by atoms with van der Waals surface area (Å²) >= 11 is 0. The maximum atomic E-state index is 12.2. The second-order valence-electron chi connectivity index (χ2n) is 6.09. The Balaban J connectivity index is 1.84. The molecule has 5 nitrogen and oxygen atoms in total. The van der Waals surface area contributed by atoms with Gasteiger partial charge < -0.3 is 15.1 Å². The molecular formula is C18H30N4O. The van der Waals surface area contributed by atoms with Crippen LogP contribution in [0.3, 0.4) is 0 Å². The normalized spacial score (nSPS) is 15.5. The van der Waals surface area contributed by atoms with E-state index in [-0.39, 0.29) is 5.91 Å². The maximum absolute atomic E-state index is 12.2. The van der Waals surface area contributed by atoms with Crippen LogP contribution in [0.4, 0.5) is 5.82 Å². The highest BCUT2D eigenvalue weighted by Crippen LogP contribution is 2.17. The van der Waals surface area contributed by atoms with E-state index in [4.69, 9.17) is 0 Å². The van der Waals surface area contributed by atoms with Gasteiger partial charge in [-0.3, -0.25) is 4.79 Å². The summed E-state index contributed by atoms with van der Waals surface area (Å²) in [6.07, 6.45) is 6.78. The summed E-state index contributed by atoms with van der Waals surface area (Å²) in [6, 6.07) is 3.87. The van der Waals surface area contributed by atoms with Crippen LogP contribution in [-0.4, -0.2) is 55.1 Å². The van der Waals surface area contributed by atoms with Crippen molar-refractivity contribution in [2.24, 2.45) is 0 Å². The van der Waals surface area contributed by atoms with E-state index in [9.17, 15) is 4.79 Å². The van der Waals surface area contributed by atoms with Gasteiger partial charge in [0.05, 0.1) is 5.56 Å². The fourth-order valence-corrected chi connectivity index (χ4v) is 2.98. The van der Waals surface area contributed by atoms with Crippen LogP contribution in [0.25, 0.3) is 0 Å². The predicted molar refractivity (Wildman–Crippen MR) is 95.0 cm³/mol. The smallest absolute Gasteiger partial charge is 0.252 e. The Morgan fingerprint density at radius 2 is 1.87 bits per heavy atom. The SMILES string of the molecule is CCN(CC)CCNC(=O)c1ccc(N2CCCCCC2)nc1. The number of nitrogens with zero attached hydrogens (tertiary/aromatic N) is 3. The van der Waals surface area contributed by atoms with E-state index >= 15 is 0 Å². The van der Waals surface area contributed by atoms with Crippen molar-refractivity contribution in [2.75, 3.05) is 44.2 Å². The molecular weight excluding hydrogens is 288 g/mol. The lowest BCUT2D eigenvalue weighted by molar-refractivity contribution is 0.0948. The summed E-state index contributed by atoms with van der Waals surface area (Å²) in [5.41, 5.74) is 0.642. The van der Waals surface area contributed by atoms with E-state index in [0.29, 0.717) is 12.1 Å². The second-order valence-corrected chi connectivity index (χ2v) is 6.09. The third kappa shape index (κ3) is 5.50. The maximum Gasteiger partial charge on any atom is 0.252 e. The van der Waals surface area contributed by atoms with Crippen molar-refractivity contribution in [3.8, 4) is 0 Å². The summed E-state index contributed by atoms with van der Waals surface area (Å²) in [7, 11) is 0. The quantitative estimate of drug-likeness (QED) is 0.839. The molecule has 0 radical (unpaired) electrons. The molecule has 2 heterocycles. The molecule has 23 heavy (non-hydrogen) atoms. The van der Waals surface area contributed by atoms with Gasteiger partial charge in [0.15, 0.2) is 0 Å². The molecule has 1 aliphatic rings. The molecule has 1 aromatic heterocycles. The number of hydrogen-bond donors (Lipinski definition) is 1. The number of pyridine rings is 1. The average molecular weight is 318 g/mol. The summed E-state index contributed by atoms with van der Waals surface area (Å²) in [6.45, 7) is 10.0. The van der Waals surface area contributed by atoms with Gasteiger partial charge in [-0.05, 0) is 38.1 Å². The van der Waals surface area contributed by atoms with Crippen LogP contribution in [0.1, 0.15) is 49.9 Å². The molecule has 2 rings (SSSR count). The van der Waals surface area contributed by atoms with Gasteiger partial charge in [0, 0.05) is 32.4 Å². The first-order chi connectivity index (χ1) is 11.2. The molecule has 1 fully saturated rings. The molecule has 0 unspecified atom stereocenters. The Morgan fingerprint density at radius 3 is 2.43 bits per heavy atom. The molecule has 0 aliphatic carbocycles. The Hall–Kier alpha value is -1.62. The van der Waals surface area contributed by atoms with Gasteiger partial charge in [0.2, 0.25) is 0 Å². The molecule has 1 aliphatic heterocycles. The van der Waals surface area contributed by atoms with E-state index in [0.717, 1.165) is 38.5 Å². The lowest BCUT2D eigenvalue weighted by atomic mass is 10.2. The molecule has 1 aromatic rings. The Kier molecular flexibility index (Phi) is 7.33. The molecule has 1 saturated heterocycles. The number of carbonyl (C=O) groups is 1. The first-order valence-electron chi connectivity index (χ1n) is 8.96. The summed E-state index contributed by atoms with van der Waals surface area (Å²) in [5.74, 6) is 0.957. The van der Waals surface area contributed by atoms with Crippen molar-refractivity contribution < 1.29 is 4.79 Å². The van der Waals surface area contributed by atoms with Crippen molar-refractivity contribution in [2.45, 2.75) is 39.5 Å². The zero-order valence-corrected chi connectivity index (χ0v) is 14.6. The highest BCUT2D eigenvalue weighted by Gasteiger charge is 2.12. The molecule has 0 aromatic carbocycles. The van der Waals surface area contributed by atoms with Gasteiger partial charge in [-0.2, -0.15) is 0 Å². The van der Waals surface area contributed by atoms with E-state index in [1.165, 1.54) is 25.7 Å². The molecule has 0 spiro atoms. The van der Waals surface area contributed by atoms with E-state index in [2.05, 4.69) is 33.9 Å². The van der Waals surface area contributed by atoms with Crippen molar-refractivity contribution in [1.29, 1.82) is 0 Å². The van der Waals surface area contributed by atoms with Gasteiger partial charge in [0.1, 0.15) is 5.82 Å². The zero-order valence-electron chi connectivity index (χ0n) is 14.6. The zero-order chi connectivity index (χ0) is 16.5. The average Bonchev–Trinajstić information content (AvgIpc) is 2.88. The minimum atomic E-state index is -0.0351. The predicted octanol–water partition coefficient (Wildman–Crippen LogP) is 2.53. The first-order valence-corrected chi connectivity index (χ1v) is 8.96. The van der Waals surface area contributed by atoms with Gasteiger partial charge in [-0.15, -0.1) is 0 Å².